The number of fused-ring (bicyclic) bond motifs is 1. The highest BCUT2D eigenvalue weighted by Gasteiger charge is 2.19. The quantitative estimate of drug-likeness (QED) is 0.912. The maximum Gasteiger partial charge on any atom is 0.253 e. The van der Waals surface area contributed by atoms with Crippen molar-refractivity contribution in [3.05, 3.63) is 30.6 Å². The van der Waals surface area contributed by atoms with E-state index >= 15 is 0 Å². The van der Waals surface area contributed by atoms with Crippen molar-refractivity contribution in [3.8, 4) is 0 Å². The number of carbonyl (C=O) groups is 1. The smallest absolute Gasteiger partial charge is 0.253 e. The van der Waals surface area contributed by atoms with Gasteiger partial charge in [-0.05, 0) is 43.9 Å². The highest BCUT2D eigenvalue weighted by molar-refractivity contribution is 6.07. The Labute approximate surface area is 143 Å². The van der Waals surface area contributed by atoms with Crippen LogP contribution in [0, 0.1) is 0 Å². The summed E-state index contributed by atoms with van der Waals surface area (Å²) in [5.74, 6) is -0.115. The Morgan fingerprint density at radius 3 is 2.75 bits per heavy atom. The van der Waals surface area contributed by atoms with Crippen molar-refractivity contribution in [3.63, 3.8) is 0 Å². The van der Waals surface area contributed by atoms with Crippen LogP contribution in [0.25, 0.3) is 10.8 Å². The molecule has 0 aliphatic carbocycles. The average molecular weight is 327 g/mol. The Kier molecular flexibility index (Phi) is 5.30. The summed E-state index contributed by atoms with van der Waals surface area (Å²) in [5.41, 5.74) is 2.02. The number of aromatic nitrogens is 1. The van der Waals surface area contributed by atoms with Gasteiger partial charge in [0.1, 0.15) is 6.10 Å². The van der Waals surface area contributed by atoms with Gasteiger partial charge in [-0.25, -0.2) is 0 Å². The van der Waals surface area contributed by atoms with E-state index in [9.17, 15) is 4.79 Å². The van der Waals surface area contributed by atoms with E-state index in [1.54, 1.807) is 7.11 Å². The van der Waals surface area contributed by atoms with E-state index < -0.39 is 6.10 Å². The molecular weight excluding hydrogens is 302 g/mol. The van der Waals surface area contributed by atoms with Crippen molar-refractivity contribution in [1.82, 2.24) is 4.98 Å². The molecule has 1 aliphatic rings. The van der Waals surface area contributed by atoms with Crippen LogP contribution in [-0.4, -0.2) is 37.2 Å². The number of rotatable bonds is 5. The van der Waals surface area contributed by atoms with Crippen LogP contribution in [0.15, 0.2) is 30.6 Å². The van der Waals surface area contributed by atoms with Crippen LogP contribution in [0.3, 0.4) is 0 Å². The molecule has 128 valence electrons. The van der Waals surface area contributed by atoms with Crippen molar-refractivity contribution in [2.45, 2.75) is 38.7 Å². The summed E-state index contributed by atoms with van der Waals surface area (Å²) in [6, 6.07) is 6.12. The van der Waals surface area contributed by atoms with Gasteiger partial charge in [-0.2, -0.15) is 0 Å². The standard InChI is InChI=1S/C19H25N3O2/c1-3-18(24-2)19(23)21-16-7-8-17(22-11-5-4-6-12-22)14-9-10-20-13-15(14)16/h7-10,13,18H,3-6,11-12H2,1-2H3,(H,21,23)/t18-/m1/s1. The number of ether oxygens (including phenoxy) is 1. The molecule has 2 aromatic rings. The Bertz CT molecular complexity index is 707. The first-order chi connectivity index (χ1) is 11.7. The zero-order valence-electron chi connectivity index (χ0n) is 14.4. The van der Waals surface area contributed by atoms with Crippen LogP contribution in [0.5, 0.6) is 0 Å². The summed E-state index contributed by atoms with van der Waals surface area (Å²) >= 11 is 0. The van der Waals surface area contributed by atoms with Gasteiger partial charge >= 0.3 is 0 Å². The van der Waals surface area contributed by atoms with E-state index in [0.29, 0.717) is 6.42 Å². The minimum Gasteiger partial charge on any atom is -0.372 e. The summed E-state index contributed by atoms with van der Waals surface area (Å²) in [7, 11) is 1.56. The minimum absolute atomic E-state index is 0.115. The van der Waals surface area contributed by atoms with Crippen molar-refractivity contribution in [1.29, 1.82) is 0 Å². The molecule has 1 aromatic heterocycles. The molecule has 0 radical (unpaired) electrons. The number of hydrogen-bond acceptors (Lipinski definition) is 4. The summed E-state index contributed by atoms with van der Waals surface area (Å²) in [4.78, 5) is 19.0. The fourth-order valence-electron chi connectivity index (χ4n) is 3.37. The molecule has 1 aliphatic heterocycles. The van der Waals surface area contributed by atoms with Crippen molar-refractivity contribution >= 4 is 28.1 Å². The third-order valence-electron chi connectivity index (χ3n) is 4.70. The number of benzene rings is 1. The Balaban J connectivity index is 1.94. The molecule has 5 heteroatoms. The van der Waals surface area contributed by atoms with Gasteiger partial charge in [0.15, 0.2) is 0 Å². The lowest BCUT2D eigenvalue weighted by Crippen LogP contribution is -2.30. The largest absolute Gasteiger partial charge is 0.372 e. The van der Waals surface area contributed by atoms with Crippen LogP contribution >= 0.6 is 0 Å². The number of pyridine rings is 1. The second-order valence-electron chi connectivity index (χ2n) is 6.22. The van der Waals surface area contributed by atoms with Gasteiger partial charge in [-0.3, -0.25) is 9.78 Å². The van der Waals surface area contributed by atoms with E-state index in [-0.39, 0.29) is 5.91 Å². The van der Waals surface area contributed by atoms with Gasteiger partial charge in [-0.1, -0.05) is 6.92 Å². The maximum absolute atomic E-state index is 12.3. The van der Waals surface area contributed by atoms with Gasteiger partial charge in [0.25, 0.3) is 5.91 Å². The zero-order chi connectivity index (χ0) is 16.9. The number of amides is 1. The third-order valence-corrected chi connectivity index (χ3v) is 4.70. The van der Waals surface area contributed by atoms with E-state index in [2.05, 4.69) is 21.3 Å². The summed E-state index contributed by atoms with van der Waals surface area (Å²) < 4.78 is 5.23. The summed E-state index contributed by atoms with van der Waals surface area (Å²) in [5, 5.41) is 5.10. The lowest BCUT2D eigenvalue weighted by Gasteiger charge is -2.30. The first kappa shape index (κ1) is 16.7. The van der Waals surface area contributed by atoms with Crippen LogP contribution in [0.4, 0.5) is 11.4 Å². The zero-order valence-corrected chi connectivity index (χ0v) is 14.4. The molecule has 1 amide bonds. The highest BCUT2D eigenvalue weighted by Crippen LogP contribution is 2.33. The average Bonchev–Trinajstić information content (AvgIpc) is 2.64. The number of carbonyl (C=O) groups excluding carboxylic acids is 1. The molecule has 24 heavy (non-hydrogen) atoms. The van der Waals surface area contributed by atoms with Crippen molar-refractivity contribution in [2.24, 2.45) is 0 Å². The fourth-order valence-corrected chi connectivity index (χ4v) is 3.37. The number of anilines is 2. The van der Waals surface area contributed by atoms with Gasteiger partial charge in [-0.15, -0.1) is 0 Å². The topological polar surface area (TPSA) is 54.5 Å². The van der Waals surface area contributed by atoms with Gasteiger partial charge < -0.3 is 15.0 Å². The molecule has 1 fully saturated rings. The monoisotopic (exact) mass is 327 g/mol. The minimum atomic E-state index is -0.432. The third kappa shape index (κ3) is 3.36. The first-order valence-electron chi connectivity index (χ1n) is 8.70. The molecule has 0 spiro atoms. The van der Waals surface area contributed by atoms with Crippen LogP contribution < -0.4 is 10.2 Å². The number of hydrogen-bond donors (Lipinski definition) is 1. The number of methoxy groups -OCH3 is 1. The molecule has 1 aromatic carbocycles. The highest BCUT2D eigenvalue weighted by atomic mass is 16.5. The number of nitrogens with one attached hydrogen (secondary N) is 1. The Morgan fingerprint density at radius 1 is 1.25 bits per heavy atom. The van der Waals surface area contributed by atoms with E-state index in [0.717, 1.165) is 29.5 Å². The predicted octanol–water partition coefficient (Wildman–Crippen LogP) is 3.59. The van der Waals surface area contributed by atoms with E-state index in [1.807, 2.05) is 31.5 Å². The summed E-state index contributed by atoms with van der Waals surface area (Å²) in [6.45, 7) is 4.11. The molecule has 0 unspecified atom stereocenters. The SMILES string of the molecule is CC[C@@H](OC)C(=O)Nc1ccc(N2CCCCC2)c2ccncc12. The molecule has 1 N–H and O–H groups in total. The maximum atomic E-state index is 12.3. The normalized spacial score (nSPS) is 16.2. The lowest BCUT2D eigenvalue weighted by molar-refractivity contribution is -0.125. The lowest BCUT2D eigenvalue weighted by atomic mass is 10.0. The molecule has 0 saturated carbocycles. The van der Waals surface area contributed by atoms with Crippen LogP contribution in [0.1, 0.15) is 32.6 Å². The molecule has 2 heterocycles. The van der Waals surface area contributed by atoms with Gasteiger partial charge in [0.05, 0.1) is 5.69 Å². The van der Waals surface area contributed by atoms with E-state index in [1.165, 1.54) is 24.9 Å². The van der Waals surface area contributed by atoms with Crippen molar-refractivity contribution < 1.29 is 9.53 Å². The number of piperidine rings is 1. The number of nitrogens with zero attached hydrogens (tertiary/aromatic N) is 2. The van der Waals surface area contributed by atoms with Crippen LogP contribution in [-0.2, 0) is 9.53 Å². The van der Waals surface area contributed by atoms with Crippen LogP contribution in [0.2, 0.25) is 0 Å². The molecule has 1 atom stereocenters. The van der Waals surface area contributed by atoms with Crippen molar-refractivity contribution in [2.75, 3.05) is 30.4 Å². The fraction of sp³-hybridized carbons (Fsp3) is 0.474. The molecule has 0 bridgehead atoms. The Hall–Kier alpha value is -2.14. The second-order valence-corrected chi connectivity index (χ2v) is 6.22. The Morgan fingerprint density at radius 2 is 2.04 bits per heavy atom. The van der Waals surface area contributed by atoms with Gasteiger partial charge in [0, 0.05) is 49.1 Å². The molecule has 5 nitrogen and oxygen atoms in total. The second kappa shape index (κ2) is 7.62. The molecule has 3 rings (SSSR count). The predicted molar refractivity (Wildman–Crippen MR) is 97.5 cm³/mol. The molecular formula is C19H25N3O2. The summed E-state index contributed by atoms with van der Waals surface area (Å²) in [6.07, 6.45) is 7.62. The van der Waals surface area contributed by atoms with E-state index in [4.69, 9.17) is 4.74 Å². The molecule has 1 saturated heterocycles. The first-order valence-corrected chi connectivity index (χ1v) is 8.70. The van der Waals surface area contributed by atoms with Gasteiger partial charge in [0.2, 0.25) is 0 Å².